The third kappa shape index (κ3) is 6.95. The Kier molecular flexibility index (Phi) is 9.47. The van der Waals surface area contributed by atoms with E-state index >= 15 is 0 Å². The fourth-order valence-electron chi connectivity index (χ4n) is 3.83. The van der Waals surface area contributed by atoms with Gasteiger partial charge in [-0.05, 0) is 63.1 Å². The van der Waals surface area contributed by atoms with E-state index in [1.165, 1.54) is 17.0 Å². The molecule has 1 amide bonds. The van der Waals surface area contributed by atoms with Crippen molar-refractivity contribution in [3.63, 3.8) is 0 Å². The number of rotatable bonds is 11. The third-order valence-electron chi connectivity index (χ3n) is 5.51. The Labute approximate surface area is 202 Å². The van der Waals surface area contributed by atoms with Crippen LogP contribution < -0.4 is 4.74 Å². The molecule has 9 heteroatoms. The van der Waals surface area contributed by atoms with Crippen LogP contribution >= 0.6 is 0 Å². The minimum absolute atomic E-state index is 0.0592. The molecule has 0 spiro atoms. The molecule has 2 aromatic rings. The van der Waals surface area contributed by atoms with E-state index < -0.39 is 9.84 Å². The summed E-state index contributed by atoms with van der Waals surface area (Å²) in [4.78, 5) is 14.5. The van der Waals surface area contributed by atoms with E-state index in [4.69, 9.17) is 9.47 Å². The number of carbonyl (C=O) groups is 1. The summed E-state index contributed by atoms with van der Waals surface area (Å²) in [6, 6.07) is 10.4. The van der Waals surface area contributed by atoms with Crippen LogP contribution in [-0.2, 0) is 19.4 Å². The Morgan fingerprint density at radius 3 is 2.62 bits per heavy atom. The first-order valence-electron chi connectivity index (χ1n) is 11.0. The molecule has 1 heterocycles. The lowest BCUT2D eigenvalue weighted by atomic mass is 10.1. The largest absolute Gasteiger partial charge is 0.493 e. The van der Waals surface area contributed by atoms with E-state index in [-0.39, 0.29) is 22.4 Å². The lowest BCUT2D eigenvalue weighted by Crippen LogP contribution is -2.29. The molecule has 1 aromatic carbocycles. The van der Waals surface area contributed by atoms with Crippen molar-refractivity contribution in [3.8, 4) is 11.8 Å². The summed E-state index contributed by atoms with van der Waals surface area (Å²) in [5.41, 5.74) is 2.88. The second-order valence-corrected chi connectivity index (χ2v) is 10.4. The number of ether oxygens (including phenoxy) is 2. The van der Waals surface area contributed by atoms with Gasteiger partial charge in [0.25, 0.3) is 5.91 Å². The van der Waals surface area contributed by atoms with Crippen LogP contribution in [0.5, 0.6) is 5.75 Å². The summed E-state index contributed by atoms with van der Waals surface area (Å²) >= 11 is 0. The van der Waals surface area contributed by atoms with Gasteiger partial charge in [-0.2, -0.15) is 5.26 Å². The molecule has 1 unspecified atom stereocenters. The summed E-state index contributed by atoms with van der Waals surface area (Å²) in [6.07, 6.45) is 3.29. The zero-order chi connectivity index (χ0) is 25.5. The summed E-state index contributed by atoms with van der Waals surface area (Å²) in [6.45, 7) is 7.25. The summed E-state index contributed by atoms with van der Waals surface area (Å²) in [7, 11) is -0.00981. The van der Waals surface area contributed by atoms with Gasteiger partial charge in [-0.25, -0.2) is 8.42 Å². The van der Waals surface area contributed by atoms with Crippen LogP contribution in [-0.4, -0.2) is 64.0 Å². The van der Waals surface area contributed by atoms with Gasteiger partial charge in [0.15, 0.2) is 9.84 Å². The van der Waals surface area contributed by atoms with E-state index in [2.05, 4.69) is 11.5 Å². The van der Waals surface area contributed by atoms with Crippen molar-refractivity contribution in [1.29, 1.82) is 5.26 Å². The van der Waals surface area contributed by atoms with Crippen molar-refractivity contribution < 1.29 is 22.7 Å². The molecule has 8 nitrogen and oxygen atoms in total. The number of methoxy groups -OCH3 is 1. The van der Waals surface area contributed by atoms with E-state index in [1.54, 1.807) is 32.4 Å². The normalized spacial score (nSPS) is 12.8. The van der Waals surface area contributed by atoms with Crippen LogP contribution in [0, 0.1) is 25.2 Å². The average molecular weight is 488 g/mol. The van der Waals surface area contributed by atoms with Gasteiger partial charge >= 0.3 is 0 Å². The second kappa shape index (κ2) is 11.9. The van der Waals surface area contributed by atoms with Crippen molar-refractivity contribution in [2.75, 3.05) is 40.2 Å². The molecule has 0 fully saturated rings. The van der Waals surface area contributed by atoms with Crippen molar-refractivity contribution in [2.45, 2.75) is 38.1 Å². The minimum Gasteiger partial charge on any atom is -0.493 e. The Morgan fingerprint density at radius 2 is 2.00 bits per heavy atom. The summed E-state index contributed by atoms with van der Waals surface area (Å²) in [5.74, 6) is 0.0869. The monoisotopic (exact) mass is 487 g/mol. The van der Waals surface area contributed by atoms with Crippen molar-refractivity contribution in [3.05, 3.63) is 52.9 Å². The zero-order valence-electron chi connectivity index (χ0n) is 20.7. The summed E-state index contributed by atoms with van der Waals surface area (Å²) < 4.78 is 36.4. The van der Waals surface area contributed by atoms with Crippen LogP contribution in [0.2, 0.25) is 0 Å². The molecule has 0 radical (unpaired) electrons. The van der Waals surface area contributed by atoms with Gasteiger partial charge in [-0.3, -0.25) is 4.79 Å². The number of benzene rings is 1. The summed E-state index contributed by atoms with van der Waals surface area (Å²) in [5, 5.41) is 9.61. The van der Waals surface area contributed by atoms with Gasteiger partial charge in [-0.15, -0.1) is 0 Å². The highest BCUT2D eigenvalue weighted by Gasteiger charge is 2.18. The molecular weight excluding hydrogens is 454 g/mol. The molecule has 34 heavy (non-hydrogen) atoms. The standard InChI is InChI=1S/C25H33N3O5S/c1-18-13-21(20(3)28(18)19(2)17-32-5)14-22(16-26)25(29)27(4)11-8-12-33-23-9-7-10-24(15-23)34(6,30)31/h7,9-10,13-15,19H,8,11-12,17H2,1-6H3/b22-14-. The number of likely N-dealkylation sites (N-methyl/N-ethyl adjacent to an activating group) is 1. The van der Waals surface area contributed by atoms with Crippen LogP contribution in [0.25, 0.3) is 6.08 Å². The molecule has 0 bridgehead atoms. The fraction of sp³-hybridized carbons (Fsp3) is 0.440. The fourth-order valence-corrected chi connectivity index (χ4v) is 4.49. The predicted molar refractivity (Wildman–Crippen MR) is 131 cm³/mol. The Hall–Kier alpha value is -3.09. The van der Waals surface area contributed by atoms with Crippen LogP contribution in [0.15, 0.2) is 40.8 Å². The molecular formula is C25H33N3O5S. The number of aryl methyl sites for hydroxylation is 1. The molecule has 0 saturated carbocycles. The molecule has 0 aliphatic rings. The Morgan fingerprint density at radius 1 is 1.29 bits per heavy atom. The number of aromatic nitrogens is 1. The van der Waals surface area contributed by atoms with Gasteiger partial charge in [0, 0.05) is 38.3 Å². The maximum Gasteiger partial charge on any atom is 0.264 e. The lowest BCUT2D eigenvalue weighted by Gasteiger charge is -2.18. The molecule has 0 aliphatic heterocycles. The number of sulfone groups is 1. The van der Waals surface area contributed by atoms with E-state index in [9.17, 15) is 18.5 Å². The van der Waals surface area contributed by atoms with Crippen molar-refractivity contribution >= 4 is 21.8 Å². The Bertz CT molecular complexity index is 1190. The highest BCUT2D eigenvalue weighted by molar-refractivity contribution is 7.90. The highest BCUT2D eigenvalue weighted by atomic mass is 32.2. The SMILES string of the molecule is COCC(C)n1c(C)cc(/C=C(/C#N)C(=O)N(C)CCCOc2cccc(S(C)(=O)=O)c2)c1C. The highest BCUT2D eigenvalue weighted by Crippen LogP contribution is 2.23. The quantitative estimate of drug-likeness (QED) is 0.273. The third-order valence-corrected chi connectivity index (χ3v) is 6.62. The topological polar surface area (TPSA) is 102 Å². The number of carbonyl (C=O) groups excluding carboxylic acids is 1. The number of hydrogen-bond acceptors (Lipinski definition) is 6. The van der Waals surface area contributed by atoms with E-state index in [0.717, 1.165) is 23.2 Å². The van der Waals surface area contributed by atoms with Crippen LogP contribution in [0.4, 0.5) is 0 Å². The zero-order valence-corrected chi connectivity index (χ0v) is 21.5. The van der Waals surface area contributed by atoms with Gasteiger partial charge in [0.1, 0.15) is 17.4 Å². The maximum absolute atomic E-state index is 12.8. The molecule has 1 aromatic heterocycles. The van der Waals surface area contributed by atoms with Gasteiger partial charge < -0.3 is 18.9 Å². The first-order chi connectivity index (χ1) is 16.0. The molecule has 0 aliphatic carbocycles. The first kappa shape index (κ1) is 27.2. The number of nitrogens with zero attached hydrogens (tertiary/aromatic N) is 3. The van der Waals surface area contributed by atoms with Gasteiger partial charge in [-0.1, -0.05) is 6.07 Å². The maximum atomic E-state index is 12.8. The molecule has 0 N–H and O–H groups in total. The molecule has 2 rings (SSSR count). The lowest BCUT2D eigenvalue weighted by molar-refractivity contribution is -0.125. The Balaban J connectivity index is 2.01. The van der Waals surface area contributed by atoms with Crippen molar-refractivity contribution in [1.82, 2.24) is 9.47 Å². The van der Waals surface area contributed by atoms with Crippen molar-refractivity contribution in [2.24, 2.45) is 0 Å². The molecule has 1 atom stereocenters. The molecule has 184 valence electrons. The first-order valence-corrected chi connectivity index (χ1v) is 12.9. The number of amides is 1. The number of nitriles is 1. The second-order valence-electron chi connectivity index (χ2n) is 8.35. The predicted octanol–water partition coefficient (Wildman–Crippen LogP) is 3.55. The average Bonchev–Trinajstić information content (AvgIpc) is 3.06. The van der Waals surface area contributed by atoms with Gasteiger partial charge in [0.05, 0.1) is 24.2 Å². The van der Waals surface area contributed by atoms with Crippen LogP contribution in [0.1, 0.15) is 36.3 Å². The molecule has 0 saturated heterocycles. The van der Waals surface area contributed by atoms with E-state index in [0.29, 0.717) is 31.9 Å². The number of hydrogen-bond donors (Lipinski definition) is 0. The van der Waals surface area contributed by atoms with E-state index in [1.807, 2.05) is 26.0 Å². The van der Waals surface area contributed by atoms with Gasteiger partial charge in [0.2, 0.25) is 0 Å². The smallest absolute Gasteiger partial charge is 0.264 e. The minimum atomic E-state index is -3.31. The van der Waals surface area contributed by atoms with Crippen LogP contribution in [0.3, 0.4) is 0 Å².